The van der Waals surface area contributed by atoms with Crippen molar-refractivity contribution in [2.75, 3.05) is 32.8 Å². The highest BCUT2D eigenvalue weighted by Gasteiger charge is 2.24. The zero-order valence-electron chi connectivity index (χ0n) is 13.7. The van der Waals surface area contributed by atoms with Gasteiger partial charge in [-0.15, -0.1) is 24.8 Å². The number of nitrogens with zero attached hydrogens (tertiary/aromatic N) is 1. The summed E-state index contributed by atoms with van der Waals surface area (Å²) in [5.74, 6) is 1.06. The molecule has 0 bridgehead atoms. The number of nitrogens with one attached hydrogen (secondary N) is 1. The molecular weight excluding hydrogens is 319 g/mol. The van der Waals surface area contributed by atoms with Crippen molar-refractivity contribution in [3.05, 3.63) is 29.8 Å². The van der Waals surface area contributed by atoms with Gasteiger partial charge < -0.3 is 10.1 Å². The van der Waals surface area contributed by atoms with E-state index < -0.39 is 0 Å². The molecular formula is C17H30Cl2N2O. The van der Waals surface area contributed by atoms with Gasteiger partial charge in [-0.25, -0.2) is 0 Å². The molecule has 0 radical (unpaired) electrons. The molecule has 1 N–H and O–H groups in total. The lowest BCUT2D eigenvalue weighted by molar-refractivity contribution is 0.159. The van der Waals surface area contributed by atoms with Gasteiger partial charge in [-0.05, 0) is 19.4 Å². The summed E-state index contributed by atoms with van der Waals surface area (Å²) in [5, 5.41) is 3.44. The number of hydrogen-bond donors (Lipinski definition) is 1. The van der Waals surface area contributed by atoms with Gasteiger partial charge in [0.15, 0.2) is 0 Å². The third-order valence-corrected chi connectivity index (χ3v) is 4.00. The van der Waals surface area contributed by atoms with Crippen molar-refractivity contribution in [3.63, 3.8) is 0 Å². The van der Waals surface area contributed by atoms with Crippen LogP contribution in [0.4, 0.5) is 0 Å². The standard InChI is InChI=1S/C17H28N2O.2ClH/c1-3-5-9-16(19-13-11-18-12-14-19)15-8-6-7-10-17(15)20-4-2;;/h6-8,10,16,18H,3-5,9,11-14H2,1-2H3;2*1H/t16-;;/m0../s1. The first-order valence-corrected chi connectivity index (χ1v) is 8.03. The molecule has 3 nitrogen and oxygen atoms in total. The summed E-state index contributed by atoms with van der Waals surface area (Å²) in [6.45, 7) is 9.52. The molecule has 1 aromatic carbocycles. The quantitative estimate of drug-likeness (QED) is 0.803. The Balaban J connectivity index is 0.00000220. The number of ether oxygens (including phenoxy) is 1. The molecule has 5 heteroatoms. The van der Waals surface area contributed by atoms with Crippen LogP contribution in [0.25, 0.3) is 0 Å². The maximum atomic E-state index is 5.85. The molecule has 0 spiro atoms. The first-order valence-electron chi connectivity index (χ1n) is 8.03. The van der Waals surface area contributed by atoms with Gasteiger partial charge in [-0.1, -0.05) is 38.0 Å². The highest BCUT2D eigenvalue weighted by molar-refractivity contribution is 5.85. The number of para-hydroxylation sites is 1. The van der Waals surface area contributed by atoms with Gasteiger partial charge in [0.05, 0.1) is 6.61 Å². The molecule has 0 amide bonds. The molecule has 0 aromatic heterocycles. The van der Waals surface area contributed by atoms with Gasteiger partial charge >= 0.3 is 0 Å². The van der Waals surface area contributed by atoms with E-state index in [0.29, 0.717) is 6.04 Å². The fourth-order valence-corrected chi connectivity index (χ4v) is 2.97. The summed E-state index contributed by atoms with van der Waals surface area (Å²) in [4.78, 5) is 2.62. The average molecular weight is 349 g/mol. The van der Waals surface area contributed by atoms with Crippen LogP contribution in [0.2, 0.25) is 0 Å². The molecule has 2 rings (SSSR count). The first-order chi connectivity index (χ1) is 9.86. The van der Waals surface area contributed by atoms with Crippen LogP contribution >= 0.6 is 24.8 Å². The highest BCUT2D eigenvalue weighted by Crippen LogP contribution is 2.33. The maximum absolute atomic E-state index is 5.85. The van der Waals surface area contributed by atoms with E-state index in [1.807, 2.05) is 0 Å². The summed E-state index contributed by atoms with van der Waals surface area (Å²) >= 11 is 0. The van der Waals surface area contributed by atoms with E-state index in [0.717, 1.165) is 38.5 Å². The Morgan fingerprint density at radius 2 is 1.82 bits per heavy atom. The van der Waals surface area contributed by atoms with Gasteiger partial charge in [-0.2, -0.15) is 0 Å². The van der Waals surface area contributed by atoms with Crippen LogP contribution < -0.4 is 10.1 Å². The predicted molar refractivity (Wildman–Crippen MR) is 98.8 cm³/mol. The van der Waals surface area contributed by atoms with Crippen LogP contribution in [0, 0.1) is 0 Å². The Morgan fingerprint density at radius 3 is 2.45 bits per heavy atom. The van der Waals surface area contributed by atoms with Crippen molar-refractivity contribution in [2.24, 2.45) is 0 Å². The lowest BCUT2D eigenvalue weighted by atomic mass is 9.98. The van der Waals surface area contributed by atoms with Gasteiger partial charge in [0, 0.05) is 37.8 Å². The summed E-state index contributed by atoms with van der Waals surface area (Å²) < 4.78 is 5.85. The van der Waals surface area contributed by atoms with Crippen molar-refractivity contribution in [3.8, 4) is 5.75 Å². The van der Waals surface area contributed by atoms with Crippen LogP contribution in [0.3, 0.4) is 0 Å². The Labute approximate surface area is 147 Å². The molecule has 1 aliphatic rings. The normalized spacial score (nSPS) is 16.3. The molecule has 1 heterocycles. The number of unbranched alkanes of at least 4 members (excludes halogenated alkanes) is 1. The Hall–Kier alpha value is -0.480. The highest BCUT2D eigenvalue weighted by atomic mass is 35.5. The number of rotatable bonds is 7. The van der Waals surface area contributed by atoms with Crippen LogP contribution in [-0.2, 0) is 0 Å². The van der Waals surface area contributed by atoms with Crippen LogP contribution in [-0.4, -0.2) is 37.7 Å². The fraction of sp³-hybridized carbons (Fsp3) is 0.647. The summed E-state index contributed by atoms with van der Waals surface area (Å²) in [7, 11) is 0. The SMILES string of the molecule is CCCC[C@@H](c1ccccc1OCC)N1CCNCC1.Cl.Cl. The largest absolute Gasteiger partial charge is 0.494 e. The molecule has 22 heavy (non-hydrogen) atoms. The Morgan fingerprint density at radius 1 is 1.14 bits per heavy atom. The summed E-state index contributed by atoms with van der Waals surface area (Å²) in [6, 6.07) is 9.06. The van der Waals surface area contributed by atoms with Gasteiger partial charge in [0.25, 0.3) is 0 Å². The van der Waals surface area contributed by atoms with Crippen LogP contribution in [0.5, 0.6) is 5.75 Å². The van der Waals surface area contributed by atoms with E-state index in [9.17, 15) is 0 Å². The van der Waals surface area contributed by atoms with Gasteiger partial charge in [0.2, 0.25) is 0 Å². The second kappa shape index (κ2) is 12.0. The zero-order valence-corrected chi connectivity index (χ0v) is 15.3. The lowest BCUT2D eigenvalue weighted by Crippen LogP contribution is -2.45. The van der Waals surface area contributed by atoms with E-state index >= 15 is 0 Å². The Bertz CT molecular complexity index is 398. The fourth-order valence-electron chi connectivity index (χ4n) is 2.97. The number of benzene rings is 1. The molecule has 128 valence electrons. The van der Waals surface area contributed by atoms with E-state index in [1.165, 1.54) is 24.8 Å². The molecule has 0 aliphatic carbocycles. The molecule has 1 saturated heterocycles. The minimum absolute atomic E-state index is 0. The van der Waals surface area contributed by atoms with E-state index in [4.69, 9.17) is 4.74 Å². The minimum Gasteiger partial charge on any atom is -0.494 e. The monoisotopic (exact) mass is 348 g/mol. The van der Waals surface area contributed by atoms with Gasteiger partial charge in [-0.3, -0.25) is 4.90 Å². The van der Waals surface area contributed by atoms with E-state index in [1.54, 1.807) is 0 Å². The summed E-state index contributed by atoms with van der Waals surface area (Å²) in [5.41, 5.74) is 1.37. The van der Waals surface area contributed by atoms with E-state index in [-0.39, 0.29) is 24.8 Å². The molecule has 1 aromatic rings. The third-order valence-electron chi connectivity index (χ3n) is 4.00. The Kier molecular flexibility index (Phi) is 11.7. The average Bonchev–Trinajstić information content (AvgIpc) is 2.50. The molecule has 1 fully saturated rings. The third kappa shape index (κ3) is 5.96. The second-order valence-corrected chi connectivity index (χ2v) is 5.41. The number of halogens is 2. The van der Waals surface area contributed by atoms with Crippen molar-refractivity contribution in [2.45, 2.75) is 39.2 Å². The van der Waals surface area contributed by atoms with Gasteiger partial charge in [0.1, 0.15) is 5.75 Å². The van der Waals surface area contributed by atoms with Crippen molar-refractivity contribution in [1.82, 2.24) is 10.2 Å². The molecule has 0 unspecified atom stereocenters. The first kappa shape index (κ1) is 21.5. The van der Waals surface area contributed by atoms with Crippen molar-refractivity contribution < 1.29 is 4.74 Å². The van der Waals surface area contributed by atoms with Crippen molar-refractivity contribution >= 4 is 24.8 Å². The molecule has 1 aliphatic heterocycles. The molecule has 0 saturated carbocycles. The van der Waals surface area contributed by atoms with Crippen LogP contribution in [0.15, 0.2) is 24.3 Å². The van der Waals surface area contributed by atoms with E-state index in [2.05, 4.69) is 48.3 Å². The summed E-state index contributed by atoms with van der Waals surface area (Å²) in [6.07, 6.45) is 3.75. The molecule has 1 atom stereocenters. The van der Waals surface area contributed by atoms with Crippen LogP contribution in [0.1, 0.15) is 44.7 Å². The maximum Gasteiger partial charge on any atom is 0.124 e. The number of piperazine rings is 1. The number of hydrogen-bond acceptors (Lipinski definition) is 3. The minimum atomic E-state index is 0. The topological polar surface area (TPSA) is 24.5 Å². The second-order valence-electron chi connectivity index (χ2n) is 5.41. The van der Waals surface area contributed by atoms with Crippen molar-refractivity contribution in [1.29, 1.82) is 0 Å². The lowest BCUT2D eigenvalue weighted by Gasteiger charge is -2.36. The smallest absolute Gasteiger partial charge is 0.124 e. The predicted octanol–water partition coefficient (Wildman–Crippen LogP) is 4.07. The zero-order chi connectivity index (χ0) is 14.2.